The number of unbranched alkanes of at least 4 members (excludes halogenated alkanes) is 2. The van der Waals surface area contributed by atoms with Crippen LogP contribution < -0.4 is 4.74 Å². The number of aliphatic hydroxyl groups excluding tert-OH is 1. The lowest BCUT2D eigenvalue weighted by atomic mass is 10.1. The molecule has 0 heterocycles. The third kappa shape index (κ3) is 11.5. The van der Waals surface area contributed by atoms with Crippen molar-refractivity contribution < 1.29 is 24.1 Å². The van der Waals surface area contributed by atoms with Crippen molar-refractivity contribution in [1.82, 2.24) is 0 Å². The molecule has 5 heteroatoms. The van der Waals surface area contributed by atoms with Crippen LogP contribution in [0.2, 0.25) is 0 Å². The summed E-state index contributed by atoms with van der Waals surface area (Å²) in [5, 5.41) is 9.91. The average molecular weight is 379 g/mol. The van der Waals surface area contributed by atoms with E-state index >= 15 is 0 Å². The number of ether oxygens (including phenoxy) is 3. The van der Waals surface area contributed by atoms with E-state index in [1.54, 1.807) is 7.11 Å². The fourth-order valence-corrected chi connectivity index (χ4v) is 2.72. The predicted octanol–water partition coefficient (Wildman–Crippen LogP) is 4.42. The molecule has 0 aliphatic carbocycles. The molecule has 5 nitrogen and oxygen atoms in total. The number of hydrogen-bond donors (Lipinski definition) is 1. The Bertz CT molecular complexity index is 538. The smallest absolute Gasteiger partial charge is 0.303 e. The molecule has 0 radical (unpaired) electrons. The molecule has 0 aliphatic rings. The van der Waals surface area contributed by atoms with E-state index in [9.17, 15) is 9.90 Å². The van der Waals surface area contributed by atoms with Gasteiger partial charge in [-0.15, -0.1) is 0 Å². The largest absolute Gasteiger partial charge is 0.497 e. The topological polar surface area (TPSA) is 65.0 Å². The molecule has 1 aromatic carbocycles. The number of benzene rings is 1. The van der Waals surface area contributed by atoms with Gasteiger partial charge in [0.1, 0.15) is 11.9 Å². The van der Waals surface area contributed by atoms with E-state index in [2.05, 4.69) is 0 Å². The normalized spacial score (nSPS) is 13.5. The second kappa shape index (κ2) is 14.2. The first kappa shape index (κ1) is 23.2. The van der Waals surface area contributed by atoms with Crippen molar-refractivity contribution >= 4 is 5.97 Å². The quantitative estimate of drug-likeness (QED) is 0.295. The summed E-state index contributed by atoms with van der Waals surface area (Å²) in [5.74, 6) is 0.528. The molecular weight excluding hydrogens is 344 g/mol. The zero-order valence-corrected chi connectivity index (χ0v) is 16.9. The van der Waals surface area contributed by atoms with Crippen molar-refractivity contribution in [3.63, 3.8) is 0 Å². The van der Waals surface area contributed by atoms with Gasteiger partial charge in [-0.05, 0) is 49.5 Å². The molecule has 1 rings (SSSR count). The van der Waals surface area contributed by atoms with Crippen LogP contribution in [0.3, 0.4) is 0 Å². The van der Waals surface area contributed by atoms with Crippen molar-refractivity contribution in [3.05, 3.63) is 42.0 Å². The lowest BCUT2D eigenvalue weighted by Gasteiger charge is -2.17. The van der Waals surface area contributed by atoms with Crippen LogP contribution in [-0.2, 0) is 20.9 Å². The molecule has 1 aromatic rings. The van der Waals surface area contributed by atoms with E-state index in [-0.39, 0.29) is 12.1 Å². The van der Waals surface area contributed by atoms with Gasteiger partial charge in [0, 0.05) is 20.0 Å². The SMILES string of the molecule is CCC[C@@H](O)CC(/C=C/CCCCOCc1ccc(OC)cc1)OC(C)=O. The minimum absolute atomic E-state index is 0.319. The third-order valence-electron chi connectivity index (χ3n) is 4.13. The summed E-state index contributed by atoms with van der Waals surface area (Å²) in [4.78, 5) is 11.2. The number of hydrogen-bond acceptors (Lipinski definition) is 5. The van der Waals surface area contributed by atoms with Crippen molar-refractivity contribution in [1.29, 1.82) is 0 Å². The summed E-state index contributed by atoms with van der Waals surface area (Å²) < 4.78 is 16.1. The number of aliphatic hydroxyl groups is 1. The maximum absolute atomic E-state index is 11.2. The number of allylic oxidation sites excluding steroid dienone is 1. The second-order valence-corrected chi connectivity index (χ2v) is 6.65. The van der Waals surface area contributed by atoms with Gasteiger partial charge in [-0.25, -0.2) is 0 Å². The summed E-state index contributed by atoms with van der Waals surface area (Å²) in [6.45, 7) is 4.73. The zero-order chi connectivity index (χ0) is 19.9. The molecule has 2 atom stereocenters. The predicted molar refractivity (Wildman–Crippen MR) is 107 cm³/mol. The summed E-state index contributed by atoms with van der Waals surface area (Å²) >= 11 is 0. The maximum Gasteiger partial charge on any atom is 0.303 e. The van der Waals surface area contributed by atoms with E-state index in [4.69, 9.17) is 14.2 Å². The second-order valence-electron chi connectivity index (χ2n) is 6.65. The van der Waals surface area contributed by atoms with Gasteiger partial charge < -0.3 is 19.3 Å². The van der Waals surface area contributed by atoms with Crippen LogP contribution in [0.1, 0.15) is 57.9 Å². The van der Waals surface area contributed by atoms with Gasteiger partial charge in [0.25, 0.3) is 0 Å². The molecule has 0 saturated carbocycles. The molecule has 152 valence electrons. The number of rotatable bonds is 14. The van der Waals surface area contributed by atoms with Crippen LogP contribution >= 0.6 is 0 Å². The molecular formula is C22H34O5. The minimum atomic E-state index is -0.435. The number of carbonyl (C=O) groups is 1. The fourth-order valence-electron chi connectivity index (χ4n) is 2.72. The first-order chi connectivity index (χ1) is 13.0. The fraction of sp³-hybridized carbons (Fsp3) is 0.591. The van der Waals surface area contributed by atoms with E-state index in [0.717, 1.165) is 43.4 Å². The Morgan fingerprint density at radius 3 is 2.59 bits per heavy atom. The molecule has 0 fully saturated rings. The Morgan fingerprint density at radius 2 is 1.96 bits per heavy atom. The van der Waals surface area contributed by atoms with Crippen molar-refractivity contribution in [2.45, 2.75) is 71.2 Å². The highest BCUT2D eigenvalue weighted by Crippen LogP contribution is 2.13. The van der Waals surface area contributed by atoms with Crippen LogP contribution in [0.5, 0.6) is 5.75 Å². The summed E-state index contributed by atoms with van der Waals surface area (Å²) in [5.41, 5.74) is 1.13. The van der Waals surface area contributed by atoms with Gasteiger partial charge in [-0.2, -0.15) is 0 Å². The molecule has 0 bridgehead atoms. The van der Waals surface area contributed by atoms with E-state index < -0.39 is 6.10 Å². The summed E-state index contributed by atoms with van der Waals surface area (Å²) in [7, 11) is 1.65. The van der Waals surface area contributed by atoms with Gasteiger partial charge in [-0.3, -0.25) is 4.79 Å². The maximum atomic E-state index is 11.2. The zero-order valence-electron chi connectivity index (χ0n) is 16.9. The van der Waals surface area contributed by atoms with Gasteiger partial charge >= 0.3 is 5.97 Å². The van der Waals surface area contributed by atoms with Crippen molar-refractivity contribution in [3.8, 4) is 5.75 Å². The van der Waals surface area contributed by atoms with E-state index in [0.29, 0.717) is 19.6 Å². The molecule has 0 aromatic heterocycles. The highest BCUT2D eigenvalue weighted by molar-refractivity contribution is 5.66. The Balaban J connectivity index is 2.18. The first-order valence-corrected chi connectivity index (χ1v) is 9.77. The van der Waals surface area contributed by atoms with Crippen LogP contribution in [0.15, 0.2) is 36.4 Å². The molecule has 0 saturated heterocycles. The Hall–Kier alpha value is -1.85. The molecule has 1 N–H and O–H groups in total. The molecule has 0 spiro atoms. The molecule has 1 unspecified atom stereocenters. The van der Waals surface area contributed by atoms with Crippen molar-refractivity contribution in [2.75, 3.05) is 13.7 Å². The molecule has 0 amide bonds. The lowest BCUT2D eigenvalue weighted by molar-refractivity contribution is -0.145. The standard InChI is InChI=1S/C22H34O5/c1-4-9-20(24)16-22(27-18(2)23)10-7-5-6-8-15-26-17-19-11-13-21(25-3)14-12-19/h7,10-14,20,22,24H,4-6,8-9,15-17H2,1-3H3/b10-7+/t20-,22?/m1/s1. The van der Waals surface area contributed by atoms with Crippen LogP contribution in [0.25, 0.3) is 0 Å². The third-order valence-corrected chi connectivity index (χ3v) is 4.13. The highest BCUT2D eigenvalue weighted by atomic mass is 16.5. The van der Waals surface area contributed by atoms with E-state index in [1.807, 2.05) is 43.3 Å². The Labute approximate surface area is 163 Å². The Morgan fingerprint density at radius 1 is 1.22 bits per heavy atom. The Kier molecular flexibility index (Phi) is 12.2. The number of methoxy groups -OCH3 is 1. The van der Waals surface area contributed by atoms with Gasteiger partial charge in [0.05, 0.1) is 19.8 Å². The lowest BCUT2D eigenvalue weighted by Crippen LogP contribution is -2.21. The van der Waals surface area contributed by atoms with Gasteiger partial charge in [0.15, 0.2) is 0 Å². The number of esters is 1. The highest BCUT2D eigenvalue weighted by Gasteiger charge is 2.13. The van der Waals surface area contributed by atoms with Crippen LogP contribution in [0.4, 0.5) is 0 Å². The average Bonchev–Trinajstić information content (AvgIpc) is 2.64. The summed E-state index contributed by atoms with van der Waals surface area (Å²) in [6.07, 6.45) is 8.08. The number of carbonyl (C=O) groups excluding carboxylic acids is 1. The molecule has 27 heavy (non-hydrogen) atoms. The van der Waals surface area contributed by atoms with Gasteiger partial charge in [-0.1, -0.05) is 31.6 Å². The monoisotopic (exact) mass is 378 g/mol. The molecule has 0 aliphatic heterocycles. The summed E-state index contributed by atoms with van der Waals surface area (Å²) in [6, 6.07) is 7.87. The van der Waals surface area contributed by atoms with Crippen molar-refractivity contribution in [2.24, 2.45) is 0 Å². The van der Waals surface area contributed by atoms with Gasteiger partial charge in [0.2, 0.25) is 0 Å². The first-order valence-electron chi connectivity index (χ1n) is 9.77. The van der Waals surface area contributed by atoms with E-state index in [1.165, 1.54) is 6.92 Å². The minimum Gasteiger partial charge on any atom is -0.497 e. The van der Waals surface area contributed by atoms with Crippen LogP contribution in [0, 0.1) is 0 Å². The van der Waals surface area contributed by atoms with Crippen LogP contribution in [-0.4, -0.2) is 37.0 Å².